The zero-order chi connectivity index (χ0) is 13.9. The summed E-state index contributed by atoms with van der Waals surface area (Å²) in [5.41, 5.74) is 6.52. The van der Waals surface area contributed by atoms with E-state index in [2.05, 4.69) is 0 Å². The van der Waals surface area contributed by atoms with Gasteiger partial charge in [0.05, 0.1) is 0 Å². The lowest BCUT2D eigenvalue weighted by atomic mass is 10.1. The van der Waals surface area contributed by atoms with Gasteiger partial charge in [0, 0.05) is 11.4 Å². The molecule has 2 N–H and O–H groups in total. The van der Waals surface area contributed by atoms with Crippen molar-refractivity contribution in [1.82, 2.24) is 0 Å². The molecule has 18 heavy (non-hydrogen) atoms. The number of aryl methyl sites for hydroxylation is 2. The van der Waals surface area contributed by atoms with E-state index in [-0.39, 0.29) is 18.7 Å². The van der Waals surface area contributed by atoms with Crippen LogP contribution in [0.2, 0.25) is 5.02 Å². The van der Waals surface area contributed by atoms with Crippen LogP contribution in [-0.4, -0.2) is 18.8 Å². The van der Waals surface area contributed by atoms with Crippen molar-refractivity contribution >= 4 is 11.6 Å². The van der Waals surface area contributed by atoms with Crippen molar-refractivity contribution in [1.29, 1.82) is 0 Å². The molecule has 0 aliphatic heterocycles. The SMILES string of the molecule is Cc1cc(OC(CCN)C(F)(F)F)cc(C)c1Cl. The van der Waals surface area contributed by atoms with E-state index in [1.165, 1.54) is 12.1 Å². The van der Waals surface area contributed by atoms with E-state index >= 15 is 0 Å². The molecule has 0 heterocycles. The zero-order valence-corrected chi connectivity index (χ0v) is 10.9. The monoisotopic (exact) mass is 281 g/mol. The van der Waals surface area contributed by atoms with Crippen molar-refractivity contribution in [2.45, 2.75) is 32.5 Å². The Kier molecular flexibility index (Phi) is 4.87. The van der Waals surface area contributed by atoms with Gasteiger partial charge in [0.1, 0.15) is 5.75 Å². The molecule has 0 aromatic heterocycles. The number of alkyl halides is 3. The van der Waals surface area contributed by atoms with E-state index in [1.807, 2.05) is 0 Å². The fourth-order valence-corrected chi connectivity index (χ4v) is 1.69. The molecule has 1 atom stereocenters. The first-order valence-electron chi connectivity index (χ1n) is 5.46. The summed E-state index contributed by atoms with van der Waals surface area (Å²) in [7, 11) is 0. The van der Waals surface area contributed by atoms with Crippen LogP contribution in [0.4, 0.5) is 13.2 Å². The topological polar surface area (TPSA) is 35.2 Å². The van der Waals surface area contributed by atoms with Crippen molar-refractivity contribution in [3.05, 3.63) is 28.3 Å². The molecule has 0 saturated carbocycles. The summed E-state index contributed by atoms with van der Waals surface area (Å²) in [6, 6.07) is 2.98. The summed E-state index contributed by atoms with van der Waals surface area (Å²) in [6.07, 6.45) is -6.59. The van der Waals surface area contributed by atoms with Crippen LogP contribution in [0, 0.1) is 13.8 Å². The Balaban J connectivity index is 2.94. The van der Waals surface area contributed by atoms with Crippen LogP contribution in [-0.2, 0) is 0 Å². The predicted octanol–water partition coefficient (Wildman–Crippen LogP) is 3.62. The average Bonchev–Trinajstić information content (AvgIpc) is 2.24. The summed E-state index contributed by atoms with van der Waals surface area (Å²) in [5.74, 6) is 0.158. The van der Waals surface area contributed by atoms with Gasteiger partial charge in [-0.2, -0.15) is 13.2 Å². The number of benzene rings is 1. The van der Waals surface area contributed by atoms with E-state index in [9.17, 15) is 13.2 Å². The lowest BCUT2D eigenvalue weighted by molar-refractivity contribution is -0.196. The van der Waals surface area contributed by atoms with E-state index in [0.717, 1.165) is 0 Å². The molecule has 0 aliphatic rings. The Morgan fingerprint density at radius 2 is 1.78 bits per heavy atom. The molecular weight excluding hydrogens is 267 g/mol. The van der Waals surface area contributed by atoms with Gasteiger partial charge in [0.2, 0.25) is 0 Å². The van der Waals surface area contributed by atoms with Gasteiger partial charge in [-0.3, -0.25) is 0 Å². The van der Waals surface area contributed by atoms with Gasteiger partial charge in [-0.05, 0) is 43.7 Å². The Bertz CT molecular complexity index is 397. The highest BCUT2D eigenvalue weighted by molar-refractivity contribution is 6.32. The lowest BCUT2D eigenvalue weighted by Crippen LogP contribution is -2.36. The second-order valence-electron chi connectivity index (χ2n) is 4.10. The summed E-state index contributed by atoms with van der Waals surface area (Å²) in [4.78, 5) is 0. The first-order valence-corrected chi connectivity index (χ1v) is 5.83. The molecule has 102 valence electrons. The van der Waals surface area contributed by atoms with Gasteiger partial charge >= 0.3 is 6.18 Å². The standard InChI is InChI=1S/C12H15ClF3NO/c1-7-5-9(6-8(2)11(7)13)18-10(3-4-17)12(14,15)16/h5-6,10H,3-4,17H2,1-2H3. The van der Waals surface area contributed by atoms with E-state index in [0.29, 0.717) is 16.1 Å². The molecule has 1 rings (SSSR count). The number of ether oxygens (including phenoxy) is 1. The van der Waals surface area contributed by atoms with Gasteiger partial charge in [-0.1, -0.05) is 11.6 Å². The maximum atomic E-state index is 12.7. The van der Waals surface area contributed by atoms with E-state index in [4.69, 9.17) is 22.1 Å². The van der Waals surface area contributed by atoms with Crippen molar-refractivity contribution in [3.8, 4) is 5.75 Å². The number of nitrogens with two attached hydrogens (primary N) is 1. The van der Waals surface area contributed by atoms with Crippen LogP contribution < -0.4 is 10.5 Å². The van der Waals surface area contributed by atoms with Gasteiger partial charge < -0.3 is 10.5 Å². The molecule has 0 saturated heterocycles. The lowest BCUT2D eigenvalue weighted by Gasteiger charge is -2.22. The second kappa shape index (κ2) is 5.80. The zero-order valence-electron chi connectivity index (χ0n) is 10.1. The van der Waals surface area contributed by atoms with Crippen LogP contribution in [0.3, 0.4) is 0 Å². The summed E-state index contributed by atoms with van der Waals surface area (Å²) in [5, 5.41) is 0.532. The quantitative estimate of drug-likeness (QED) is 0.915. The first kappa shape index (κ1) is 15.1. The third-order valence-electron chi connectivity index (χ3n) is 2.48. The summed E-state index contributed by atoms with van der Waals surface area (Å²) >= 11 is 5.94. The molecular formula is C12H15ClF3NO. The predicted molar refractivity (Wildman–Crippen MR) is 65.1 cm³/mol. The molecule has 1 aromatic rings. The van der Waals surface area contributed by atoms with Crippen molar-refractivity contribution in [2.24, 2.45) is 5.73 Å². The Morgan fingerprint density at radius 3 is 2.17 bits per heavy atom. The Labute approximate surface area is 109 Å². The van der Waals surface area contributed by atoms with E-state index in [1.54, 1.807) is 13.8 Å². The Morgan fingerprint density at radius 1 is 1.28 bits per heavy atom. The molecule has 1 aromatic carbocycles. The molecule has 0 fully saturated rings. The largest absolute Gasteiger partial charge is 0.481 e. The number of hydrogen-bond donors (Lipinski definition) is 1. The maximum absolute atomic E-state index is 12.7. The number of hydrogen-bond acceptors (Lipinski definition) is 2. The van der Waals surface area contributed by atoms with E-state index < -0.39 is 12.3 Å². The molecule has 0 bridgehead atoms. The van der Waals surface area contributed by atoms with Gasteiger partial charge in [0.25, 0.3) is 0 Å². The average molecular weight is 282 g/mol. The van der Waals surface area contributed by atoms with Crippen molar-refractivity contribution in [3.63, 3.8) is 0 Å². The molecule has 0 spiro atoms. The fraction of sp³-hybridized carbons (Fsp3) is 0.500. The highest BCUT2D eigenvalue weighted by Gasteiger charge is 2.41. The normalized spacial score (nSPS) is 13.5. The van der Waals surface area contributed by atoms with Crippen LogP contribution in [0.5, 0.6) is 5.75 Å². The highest BCUT2D eigenvalue weighted by atomic mass is 35.5. The molecule has 0 radical (unpaired) electrons. The minimum Gasteiger partial charge on any atom is -0.481 e. The summed E-state index contributed by atoms with van der Waals surface area (Å²) in [6.45, 7) is 3.34. The molecule has 6 heteroatoms. The van der Waals surface area contributed by atoms with Gasteiger partial charge in [-0.25, -0.2) is 0 Å². The van der Waals surface area contributed by atoms with Crippen molar-refractivity contribution in [2.75, 3.05) is 6.54 Å². The van der Waals surface area contributed by atoms with Crippen LogP contribution in [0.1, 0.15) is 17.5 Å². The molecule has 0 amide bonds. The highest BCUT2D eigenvalue weighted by Crippen LogP contribution is 2.30. The van der Waals surface area contributed by atoms with Crippen LogP contribution >= 0.6 is 11.6 Å². The van der Waals surface area contributed by atoms with Crippen LogP contribution in [0.15, 0.2) is 12.1 Å². The van der Waals surface area contributed by atoms with Gasteiger partial charge in [-0.15, -0.1) is 0 Å². The fourth-order valence-electron chi connectivity index (χ4n) is 1.58. The maximum Gasteiger partial charge on any atom is 0.425 e. The first-order chi connectivity index (χ1) is 8.25. The Hall–Kier alpha value is -0.940. The second-order valence-corrected chi connectivity index (χ2v) is 4.47. The van der Waals surface area contributed by atoms with Crippen LogP contribution in [0.25, 0.3) is 0 Å². The molecule has 2 nitrogen and oxygen atoms in total. The number of rotatable bonds is 4. The molecule has 1 unspecified atom stereocenters. The third-order valence-corrected chi connectivity index (χ3v) is 3.08. The van der Waals surface area contributed by atoms with Crippen molar-refractivity contribution < 1.29 is 17.9 Å². The number of halogens is 4. The summed E-state index contributed by atoms with van der Waals surface area (Å²) < 4.78 is 43.0. The minimum absolute atomic E-state index is 0.0876. The van der Waals surface area contributed by atoms with Gasteiger partial charge in [0.15, 0.2) is 6.10 Å². The molecule has 0 aliphatic carbocycles. The third kappa shape index (κ3) is 3.78. The smallest absolute Gasteiger partial charge is 0.425 e. The minimum atomic E-state index is -4.43.